The number of carbonyl (C=O) groups is 1. The maximum atomic E-state index is 12.2. The summed E-state index contributed by atoms with van der Waals surface area (Å²) < 4.78 is 11.4. The highest BCUT2D eigenvalue weighted by Crippen LogP contribution is 2.60. The minimum atomic E-state index is -0.154. The van der Waals surface area contributed by atoms with Gasteiger partial charge in [0.05, 0.1) is 18.1 Å². The molecule has 2 heterocycles. The molecule has 6 nitrogen and oxygen atoms in total. The van der Waals surface area contributed by atoms with E-state index < -0.39 is 0 Å². The fourth-order valence-corrected chi connectivity index (χ4v) is 6.45. The van der Waals surface area contributed by atoms with E-state index in [4.69, 9.17) is 8.83 Å². The van der Waals surface area contributed by atoms with Gasteiger partial charge in [-0.3, -0.25) is 4.79 Å². The SMILES string of the molecule is C[C@@H](NC(=O)CSc1nnc(C23CC4CC(CC(C4)C2)C3)o1)c1ccco1. The first-order valence-electron chi connectivity index (χ1n) is 9.89. The second-order valence-electron chi connectivity index (χ2n) is 8.66. The normalized spacial score (nSPS) is 32.6. The Morgan fingerprint density at radius 3 is 2.59 bits per heavy atom. The Bertz CT molecular complexity index is 781. The number of nitrogens with zero attached hydrogens (tertiary/aromatic N) is 2. The van der Waals surface area contributed by atoms with Crippen LogP contribution in [-0.4, -0.2) is 21.9 Å². The van der Waals surface area contributed by atoms with Crippen LogP contribution in [0.3, 0.4) is 0 Å². The van der Waals surface area contributed by atoms with Crippen molar-refractivity contribution in [3.05, 3.63) is 30.0 Å². The first kappa shape index (κ1) is 17.3. The molecule has 0 unspecified atom stereocenters. The van der Waals surface area contributed by atoms with E-state index >= 15 is 0 Å². The highest BCUT2D eigenvalue weighted by molar-refractivity contribution is 7.99. The molecule has 1 N–H and O–H groups in total. The topological polar surface area (TPSA) is 81.2 Å². The molecule has 27 heavy (non-hydrogen) atoms. The summed E-state index contributed by atoms with van der Waals surface area (Å²) in [6.45, 7) is 1.90. The average molecular weight is 388 g/mol. The second-order valence-corrected chi connectivity index (χ2v) is 9.59. The Morgan fingerprint density at radius 1 is 1.26 bits per heavy atom. The molecule has 0 radical (unpaired) electrons. The Balaban J connectivity index is 1.20. The molecule has 2 aromatic heterocycles. The van der Waals surface area contributed by atoms with Gasteiger partial charge in [0, 0.05) is 5.41 Å². The number of hydrogen-bond acceptors (Lipinski definition) is 6. The van der Waals surface area contributed by atoms with Gasteiger partial charge in [0.2, 0.25) is 11.8 Å². The number of amides is 1. The molecule has 6 rings (SSSR count). The van der Waals surface area contributed by atoms with Gasteiger partial charge in [0.15, 0.2) is 0 Å². The van der Waals surface area contributed by atoms with Crippen LogP contribution >= 0.6 is 11.8 Å². The molecular weight excluding hydrogens is 362 g/mol. The molecule has 1 atom stereocenters. The van der Waals surface area contributed by atoms with Crippen molar-refractivity contribution in [1.82, 2.24) is 15.5 Å². The van der Waals surface area contributed by atoms with Crippen LogP contribution in [0.25, 0.3) is 0 Å². The minimum Gasteiger partial charge on any atom is -0.467 e. The van der Waals surface area contributed by atoms with E-state index in [1.807, 2.05) is 19.1 Å². The first-order chi connectivity index (χ1) is 13.1. The van der Waals surface area contributed by atoms with Crippen LogP contribution in [0.1, 0.15) is 63.1 Å². The molecule has 4 aliphatic carbocycles. The summed E-state index contributed by atoms with van der Waals surface area (Å²) in [6, 6.07) is 3.52. The number of hydrogen-bond donors (Lipinski definition) is 1. The smallest absolute Gasteiger partial charge is 0.277 e. The number of thioether (sulfide) groups is 1. The molecule has 144 valence electrons. The van der Waals surface area contributed by atoms with Crippen LogP contribution in [0.15, 0.2) is 32.5 Å². The summed E-state index contributed by atoms with van der Waals surface area (Å²) in [7, 11) is 0. The standard InChI is InChI=1S/C20H25N3O3S/c1-12(16-3-2-4-25-16)21-17(24)11-27-19-23-22-18(26-19)20-8-13-5-14(9-20)7-15(6-13)10-20/h2-4,12-15H,5-11H2,1H3,(H,21,24)/t12-,13?,14?,15?,20?/m1/s1. The number of rotatable bonds is 6. The van der Waals surface area contributed by atoms with Gasteiger partial charge >= 0.3 is 0 Å². The lowest BCUT2D eigenvalue weighted by Crippen LogP contribution is -2.48. The molecule has 4 saturated carbocycles. The Hall–Kier alpha value is -1.76. The number of carbonyl (C=O) groups excluding carboxylic acids is 1. The molecule has 4 bridgehead atoms. The van der Waals surface area contributed by atoms with Gasteiger partial charge < -0.3 is 14.2 Å². The number of nitrogens with one attached hydrogen (secondary N) is 1. The largest absolute Gasteiger partial charge is 0.467 e. The van der Waals surface area contributed by atoms with E-state index in [0.717, 1.165) is 29.4 Å². The fourth-order valence-electron chi connectivity index (χ4n) is 5.87. The van der Waals surface area contributed by atoms with Crippen molar-refractivity contribution in [2.24, 2.45) is 17.8 Å². The summed E-state index contributed by atoms with van der Waals surface area (Å²) in [4.78, 5) is 12.2. The van der Waals surface area contributed by atoms with E-state index in [-0.39, 0.29) is 23.1 Å². The Labute approximate surface area is 162 Å². The zero-order valence-corrected chi connectivity index (χ0v) is 16.3. The lowest BCUT2D eigenvalue weighted by Gasteiger charge is -2.55. The lowest BCUT2D eigenvalue weighted by molar-refractivity contribution is -0.119. The zero-order valence-electron chi connectivity index (χ0n) is 15.5. The van der Waals surface area contributed by atoms with Crippen LogP contribution in [0.2, 0.25) is 0 Å². The van der Waals surface area contributed by atoms with Gasteiger partial charge in [0.25, 0.3) is 5.22 Å². The van der Waals surface area contributed by atoms with Crippen LogP contribution in [-0.2, 0) is 10.2 Å². The maximum Gasteiger partial charge on any atom is 0.277 e. The van der Waals surface area contributed by atoms with Gasteiger partial charge in [-0.05, 0) is 75.3 Å². The third-order valence-corrected chi connectivity index (χ3v) is 7.39. The van der Waals surface area contributed by atoms with Gasteiger partial charge in [-0.1, -0.05) is 11.8 Å². The molecule has 0 aliphatic heterocycles. The summed E-state index contributed by atoms with van der Waals surface area (Å²) >= 11 is 1.31. The molecule has 7 heteroatoms. The minimum absolute atomic E-state index is 0.0709. The van der Waals surface area contributed by atoms with Crippen LogP contribution in [0, 0.1) is 17.8 Å². The molecule has 4 fully saturated rings. The Morgan fingerprint density at radius 2 is 1.96 bits per heavy atom. The predicted octanol–water partition coefficient (Wildman–Crippen LogP) is 4.10. The predicted molar refractivity (Wildman–Crippen MR) is 100 cm³/mol. The van der Waals surface area contributed by atoms with Crippen molar-refractivity contribution in [3.63, 3.8) is 0 Å². The van der Waals surface area contributed by atoms with Gasteiger partial charge in [-0.15, -0.1) is 10.2 Å². The Kier molecular flexibility index (Phi) is 4.30. The molecule has 0 spiro atoms. The molecular formula is C20H25N3O3S. The van der Waals surface area contributed by atoms with Crippen molar-refractivity contribution in [3.8, 4) is 0 Å². The fraction of sp³-hybridized carbons (Fsp3) is 0.650. The summed E-state index contributed by atoms with van der Waals surface area (Å²) in [5.41, 5.74) is 0.108. The summed E-state index contributed by atoms with van der Waals surface area (Å²) in [5, 5.41) is 12.0. The number of furan rings is 1. The summed E-state index contributed by atoms with van der Waals surface area (Å²) in [5.74, 6) is 4.27. The third-order valence-electron chi connectivity index (χ3n) is 6.57. The van der Waals surface area contributed by atoms with Gasteiger partial charge in [-0.25, -0.2) is 0 Å². The zero-order chi connectivity index (χ0) is 18.4. The molecule has 0 saturated heterocycles. The first-order valence-corrected chi connectivity index (χ1v) is 10.9. The average Bonchev–Trinajstić information content (AvgIpc) is 3.31. The van der Waals surface area contributed by atoms with Crippen LogP contribution < -0.4 is 5.32 Å². The van der Waals surface area contributed by atoms with E-state index in [9.17, 15) is 4.79 Å². The van der Waals surface area contributed by atoms with Crippen molar-refractivity contribution in [1.29, 1.82) is 0 Å². The molecule has 2 aromatic rings. The molecule has 0 aromatic carbocycles. The molecule has 1 amide bonds. The third kappa shape index (κ3) is 3.30. The van der Waals surface area contributed by atoms with E-state index in [0.29, 0.717) is 5.22 Å². The lowest BCUT2D eigenvalue weighted by atomic mass is 9.49. The van der Waals surface area contributed by atoms with Gasteiger partial charge in [0.1, 0.15) is 5.76 Å². The highest BCUT2D eigenvalue weighted by Gasteiger charge is 2.54. The van der Waals surface area contributed by atoms with E-state index in [1.54, 1.807) is 6.26 Å². The summed E-state index contributed by atoms with van der Waals surface area (Å²) in [6.07, 6.45) is 9.39. The van der Waals surface area contributed by atoms with Crippen molar-refractivity contribution < 1.29 is 13.6 Å². The van der Waals surface area contributed by atoms with Crippen molar-refractivity contribution in [2.45, 2.75) is 62.1 Å². The van der Waals surface area contributed by atoms with E-state index in [1.165, 1.54) is 50.3 Å². The van der Waals surface area contributed by atoms with Crippen LogP contribution in [0.5, 0.6) is 0 Å². The van der Waals surface area contributed by atoms with E-state index in [2.05, 4.69) is 15.5 Å². The number of aromatic nitrogens is 2. The monoisotopic (exact) mass is 387 g/mol. The van der Waals surface area contributed by atoms with Crippen molar-refractivity contribution in [2.75, 3.05) is 5.75 Å². The highest BCUT2D eigenvalue weighted by atomic mass is 32.2. The van der Waals surface area contributed by atoms with Crippen LogP contribution in [0.4, 0.5) is 0 Å². The quantitative estimate of drug-likeness (QED) is 0.752. The van der Waals surface area contributed by atoms with Gasteiger partial charge in [-0.2, -0.15) is 0 Å². The second kappa shape index (κ2) is 6.69. The maximum absolute atomic E-state index is 12.2. The van der Waals surface area contributed by atoms with Crippen molar-refractivity contribution >= 4 is 17.7 Å². The molecule has 4 aliphatic rings.